The molecule has 1 aromatic rings. The number of ether oxygens (including phenoxy) is 1. The largest absolute Gasteiger partial charge is 0.481 e. The van der Waals surface area contributed by atoms with Crippen molar-refractivity contribution in [3.8, 4) is 0 Å². The smallest absolute Gasteiger partial charge is 0.423 e. The number of aryl methyl sites for hydroxylation is 1. The molecule has 0 saturated carbocycles. The number of allylic oxidation sites excluding steroid dienone is 3. The lowest BCUT2D eigenvalue weighted by Crippen LogP contribution is -2.16. The second-order valence-electron chi connectivity index (χ2n) is 5.30. The molecule has 3 nitrogen and oxygen atoms in total. The molecule has 0 aliphatic rings. The lowest BCUT2D eigenvalue weighted by Gasteiger charge is -2.14. The number of methoxy groups -OCH3 is 1. The van der Waals surface area contributed by atoms with E-state index in [9.17, 15) is 13.2 Å². The molecule has 0 atom stereocenters. The van der Waals surface area contributed by atoms with Crippen molar-refractivity contribution in [2.75, 3.05) is 7.11 Å². The van der Waals surface area contributed by atoms with Gasteiger partial charge in [-0.25, -0.2) is 4.99 Å². The van der Waals surface area contributed by atoms with Gasteiger partial charge >= 0.3 is 6.18 Å². The van der Waals surface area contributed by atoms with Crippen LogP contribution in [0.4, 0.5) is 13.2 Å². The van der Waals surface area contributed by atoms with Gasteiger partial charge < -0.3 is 4.74 Å². The minimum absolute atomic E-state index is 0.317. The van der Waals surface area contributed by atoms with Gasteiger partial charge in [-0.2, -0.15) is 13.2 Å². The van der Waals surface area contributed by atoms with Crippen molar-refractivity contribution >= 4 is 17.3 Å². The van der Waals surface area contributed by atoms with Crippen LogP contribution in [0, 0.1) is 0 Å². The zero-order valence-electron chi connectivity index (χ0n) is 14.7. The van der Waals surface area contributed by atoms with Crippen LogP contribution in [0.3, 0.4) is 0 Å². The van der Waals surface area contributed by atoms with Gasteiger partial charge in [-0.05, 0) is 31.9 Å². The number of aromatic nitrogens is 1. The number of halogens is 4. The van der Waals surface area contributed by atoms with Gasteiger partial charge in [-0.15, -0.1) is 0 Å². The number of hydrogen-bond acceptors (Lipinski definition) is 3. The molecule has 1 rings (SSSR count). The predicted octanol–water partition coefficient (Wildman–Crippen LogP) is 5.80. The molecule has 0 fully saturated rings. The minimum Gasteiger partial charge on any atom is -0.481 e. The molecular weight excluding hydrogens is 353 g/mol. The quantitative estimate of drug-likeness (QED) is 0.343. The lowest BCUT2D eigenvalue weighted by molar-refractivity contribution is -0.0918. The Balaban J connectivity index is 3.42. The molecule has 0 aliphatic heterocycles. The first-order valence-electron chi connectivity index (χ1n) is 7.97. The zero-order chi connectivity index (χ0) is 19.0. The molecule has 0 radical (unpaired) electrons. The Morgan fingerprint density at radius 2 is 2.00 bits per heavy atom. The summed E-state index contributed by atoms with van der Waals surface area (Å²) < 4.78 is 45.1. The van der Waals surface area contributed by atoms with Crippen LogP contribution in [-0.4, -0.2) is 24.0 Å². The van der Waals surface area contributed by atoms with Gasteiger partial charge in [0.05, 0.1) is 23.5 Å². The Labute approximate surface area is 151 Å². The van der Waals surface area contributed by atoms with Gasteiger partial charge in [0, 0.05) is 5.69 Å². The van der Waals surface area contributed by atoms with Crippen LogP contribution in [0.25, 0.3) is 0 Å². The molecule has 0 unspecified atom stereocenters. The fourth-order valence-electron chi connectivity index (χ4n) is 2.13. The second kappa shape index (κ2) is 9.61. The molecule has 0 aliphatic carbocycles. The molecule has 7 heteroatoms. The molecule has 1 aromatic heterocycles. The van der Waals surface area contributed by atoms with Crippen LogP contribution >= 0.6 is 11.6 Å². The van der Waals surface area contributed by atoms with Crippen molar-refractivity contribution in [1.82, 2.24) is 4.98 Å². The normalized spacial score (nSPS) is 14.4. The van der Waals surface area contributed by atoms with Crippen LogP contribution in [0.5, 0.6) is 0 Å². The number of nitrogens with zero attached hydrogens (tertiary/aromatic N) is 2. The molecule has 0 aromatic carbocycles. The van der Waals surface area contributed by atoms with E-state index in [-0.39, 0.29) is 0 Å². The van der Waals surface area contributed by atoms with Crippen LogP contribution in [0.15, 0.2) is 45.8 Å². The van der Waals surface area contributed by atoms with Gasteiger partial charge in [0.25, 0.3) is 0 Å². The van der Waals surface area contributed by atoms with E-state index in [4.69, 9.17) is 16.3 Å². The summed E-state index contributed by atoms with van der Waals surface area (Å²) >= 11 is 5.82. The average molecular weight is 375 g/mol. The highest BCUT2D eigenvalue weighted by atomic mass is 35.5. The van der Waals surface area contributed by atoms with Crippen molar-refractivity contribution in [3.63, 3.8) is 0 Å². The fourth-order valence-corrected chi connectivity index (χ4v) is 2.47. The van der Waals surface area contributed by atoms with Gasteiger partial charge in [-0.1, -0.05) is 44.0 Å². The van der Waals surface area contributed by atoms with Crippen molar-refractivity contribution in [3.05, 3.63) is 52.2 Å². The van der Waals surface area contributed by atoms with Crippen molar-refractivity contribution < 1.29 is 17.9 Å². The summed E-state index contributed by atoms with van der Waals surface area (Å²) in [6.07, 6.45) is -1.35. The van der Waals surface area contributed by atoms with E-state index < -0.39 is 22.7 Å². The third kappa shape index (κ3) is 6.20. The van der Waals surface area contributed by atoms with E-state index in [1.54, 1.807) is 26.0 Å². The van der Waals surface area contributed by atoms with Crippen LogP contribution < -0.4 is 0 Å². The maximum atomic E-state index is 13.4. The molecule has 0 N–H and O–H groups in total. The third-order valence-electron chi connectivity index (χ3n) is 3.27. The van der Waals surface area contributed by atoms with E-state index in [1.807, 2.05) is 13.0 Å². The van der Waals surface area contributed by atoms with Gasteiger partial charge in [0.15, 0.2) is 0 Å². The van der Waals surface area contributed by atoms with Crippen molar-refractivity contribution in [2.24, 2.45) is 4.99 Å². The van der Waals surface area contributed by atoms with Gasteiger partial charge in [0.2, 0.25) is 5.88 Å². The molecule has 138 valence electrons. The highest BCUT2D eigenvalue weighted by molar-refractivity contribution is 6.32. The van der Waals surface area contributed by atoms with Gasteiger partial charge in [-0.3, -0.25) is 4.98 Å². The first kappa shape index (κ1) is 21.2. The van der Waals surface area contributed by atoms with E-state index in [0.29, 0.717) is 17.8 Å². The Bertz CT molecular complexity index is 679. The standard InChI is InChI=1S/C18H22ClF3N2O/c1-5-8-13-10-7-11-15(24-13)12(3)23-17(25-4)16(18(20,21)22)14(19)9-6-2/h7,9-11H,5-6,8H2,1-4H3/b14-9-,17-16-,23-12+. The Kier molecular flexibility index (Phi) is 8.16. The first-order valence-corrected chi connectivity index (χ1v) is 8.35. The SMILES string of the molecule is CC/C=C(Cl)/C(=C(\N=C(/C)c1cccc(CCC)n1)OC)C(F)(F)F. The highest BCUT2D eigenvalue weighted by Gasteiger charge is 2.39. The maximum absolute atomic E-state index is 13.4. The summed E-state index contributed by atoms with van der Waals surface area (Å²) in [5.41, 5.74) is 0.579. The van der Waals surface area contributed by atoms with E-state index >= 15 is 0 Å². The van der Waals surface area contributed by atoms with Gasteiger partial charge in [0.1, 0.15) is 5.57 Å². The summed E-state index contributed by atoms with van der Waals surface area (Å²) in [6, 6.07) is 5.37. The predicted molar refractivity (Wildman–Crippen MR) is 94.8 cm³/mol. The summed E-state index contributed by atoms with van der Waals surface area (Å²) in [5.74, 6) is -0.581. The fraction of sp³-hybridized carbons (Fsp3) is 0.444. The molecule has 1 heterocycles. The number of aliphatic imine (C=N–C) groups is 1. The van der Waals surface area contributed by atoms with Crippen LogP contribution in [0.1, 0.15) is 45.0 Å². The molecule has 0 spiro atoms. The molecule has 0 amide bonds. The lowest BCUT2D eigenvalue weighted by atomic mass is 10.2. The second-order valence-corrected chi connectivity index (χ2v) is 5.71. The summed E-state index contributed by atoms with van der Waals surface area (Å²) in [7, 11) is 1.13. The number of hydrogen-bond donors (Lipinski definition) is 0. The van der Waals surface area contributed by atoms with Crippen molar-refractivity contribution in [2.45, 2.75) is 46.2 Å². The molecule has 0 saturated heterocycles. The third-order valence-corrected chi connectivity index (χ3v) is 3.61. The number of rotatable bonds is 7. The van der Waals surface area contributed by atoms with E-state index in [2.05, 4.69) is 9.98 Å². The van der Waals surface area contributed by atoms with E-state index in [0.717, 1.165) is 25.6 Å². The minimum atomic E-state index is -4.69. The molecule has 0 bridgehead atoms. The topological polar surface area (TPSA) is 34.5 Å². The monoisotopic (exact) mass is 374 g/mol. The van der Waals surface area contributed by atoms with Crippen LogP contribution in [-0.2, 0) is 11.2 Å². The zero-order valence-corrected chi connectivity index (χ0v) is 15.5. The van der Waals surface area contributed by atoms with Crippen molar-refractivity contribution in [1.29, 1.82) is 0 Å². The van der Waals surface area contributed by atoms with E-state index in [1.165, 1.54) is 6.08 Å². The summed E-state index contributed by atoms with van der Waals surface area (Å²) in [6.45, 7) is 5.31. The van der Waals surface area contributed by atoms with Crippen LogP contribution in [0.2, 0.25) is 0 Å². The highest BCUT2D eigenvalue weighted by Crippen LogP contribution is 2.36. The number of alkyl halides is 3. The Hall–Kier alpha value is -1.82. The Morgan fingerprint density at radius 3 is 2.52 bits per heavy atom. The number of pyridine rings is 1. The summed E-state index contributed by atoms with van der Waals surface area (Å²) in [5, 5.41) is -0.434. The molecular formula is C18H22ClF3N2O. The molecule has 25 heavy (non-hydrogen) atoms. The Morgan fingerprint density at radius 1 is 1.32 bits per heavy atom. The first-order chi connectivity index (χ1) is 11.7. The maximum Gasteiger partial charge on any atom is 0.423 e. The average Bonchev–Trinajstić information content (AvgIpc) is 2.53. The summed E-state index contributed by atoms with van der Waals surface area (Å²) in [4.78, 5) is 8.42.